The summed E-state index contributed by atoms with van der Waals surface area (Å²) in [5.74, 6) is -0.0429. The van der Waals surface area contributed by atoms with Crippen molar-refractivity contribution in [3.05, 3.63) is 35.4 Å². The molecule has 0 saturated carbocycles. The highest BCUT2D eigenvalue weighted by Gasteiger charge is 2.35. The molecule has 2 atom stereocenters. The molecule has 0 radical (unpaired) electrons. The molecule has 2 saturated heterocycles. The molecule has 2 N–H and O–H groups in total. The van der Waals surface area contributed by atoms with Crippen LogP contribution < -0.4 is 5.32 Å². The molecule has 0 aliphatic carbocycles. The van der Waals surface area contributed by atoms with Crippen LogP contribution in [0.5, 0.6) is 0 Å². The van der Waals surface area contributed by atoms with Crippen LogP contribution in [0.3, 0.4) is 0 Å². The minimum Gasteiger partial charge on any atom is -0.390 e. The van der Waals surface area contributed by atoms with Crippen molar-refractivity contribution >= 4 is 5.91 Å². The number of hydrogen-bond donors (Lipinski definition) is 2. The third-order valence-corrected chi connectivity index (χ3v) is 5.62. The zero-order valence-electron chi connectivity index (χ0n) is 16.8. The lowest BCUT2D eigenvalue weighted by Crippen LogP contribution is -2.56. The van der Waals surface area contributed by atoms with E-state index in [0.29, 0.717) is 25.2 Å². The minimum atomic E-state index is -0.670. The number of aliphatic hydroxyl groups is 1. The number of likely N-dealkylation sites (N-methyl/N-ethyl adjacent to an activating group) is 1. The maximum Gasteiger partial charge on any atom is 0.251 e. The maximum atomic E-state index is 12.7. The molecule has 6 nitrogen and oxygen atoms in total. The summed E-state index contributed by atoms with van der Waals surface area (Å²) in [6.45, 7) is 9.05. The van der Waals surface area contributed by atoms with Crippen LogP contribution >= 0.6 is 0 Å². The molecule has 27 heavy (non-hydrogen) atoms. The highest BCUT2D eigenvalue weighted by molar-refractivity contribution is 5.94. The van der Waals surface area contributed by atoms with Crippen LogP contribution in [0.2, 0.25) is 0 Å². The zero-order valence-corrected chi connectivity index (χ0v) is 16.8. The molecule has 2 heterocycles. The number of nitrogens with one attached hydrogen (secondary N) is 1. The summed E-state index contributed by atoms with van der Waals surface area (Å²) in [4.78, 5) is 17.5. The summed E-state index contributed by atoms with van der Waals surface area (Å²) in [5, 5.41) is 13.0. The number of piperazine rings is 1. The summed E-state index contributed by atoms with van der Waals surface area (Å²) in [6, 6.07) is 7.99. The van der Waals surface area contributed by atoms with Crippen LogP contribution in [0.15, 0.2) is 24.3 Å². The molecule has 2 aliphatic heterocycles. The predicted molar refractivity (Wildman–Crippen MR) is 106 cm³/mol. The molecular weight excluding hydrogens is 342 g/mol. The van der Waals surface area contributed by atoms with E-state index in [4.69, 9.17) is 4.74 Å². The normalized spacial score (nSPS) is 24.9. The Bertz CT molecular complexity index is 619. The molecular formula is C21H33N3O3. The summed E-state index contributed by atoms with van der Waals surface area (Å²) in [7, 11) is 2.15. The first kappa shape index (κ1) is 20.3. The molecule has 1 aromatic carbocycles. The highest BCUT2D eigenvalue weighted by atomic mass is 16.5. The number of hydrogen-bond acceptors (Lipinski definition) is 5. The van der Waals surface area contributed by atoms with Crippen LogP contribution in [0, 0.1) is 0 Å². The van der Waals surface area contributed by atoms with Crippen molar-refractivity contribution in [1.82, 2.24) is 15.1 Å². The molecule has 1 aromatic rings. The first-order chi connectivity index (χ1) is 12.8. The molecule has 0 unspecified atom stereocenters. The number of ether oxygens (including phenoxy) is 1. The maximum absolute atomic E-state index is 12.7. The first-order valence-electron chi connectivity index (χ1n) is 9.94. The van der Waals surface area contributed by atoms with Crippen molar-refractivity contribution in [1.29, 1.82) is 0 Å². The Morgan fingerprint density at radius 1 is 1.19 bits per heavy atom. The zero-order chi connectivity index (χ0) is 19.4. The standard InChI is InChI=1S/C21H33N3O3/c1-21(2,26)9-8-16-4-6-17(7-5-16)20(25)22-18-14-27-15-19(18)24-12-10-23(3)11-13-24/h4-7,18-19,26H,8-15H2,1-3H3,(H,22,25)/t18-,19-/m0/s1. The lowest BCUT2D eigenvalue weighted by atomic mass is 9.98. The van der Waals surface area contributed by atoms with Gasteiger partial charge in [-0.15, -0.1) is 0 Å². The van der Waals surface area contributed by atoms with E-state index in [1.165, 1.54) is 0 Å². The number of nitrogens with zero attached hydrogens (tertiary/aromatic N) is 2. The second kappa shape index (κ2) is 8.69. The van der Waals surface area contributed by atoms with Crippen LogP contribution in [-0.2, 0) is 11.2 Å². The second-order valence-electron chi connectivity index (χ2n) is 8.53. The molecule has 1 amide bonds. The van der Waals surface area contributed by atoms with Gasteiger partial charge in [0.2, 0.25) is 0 Å². The average molecular weight is 376 g/mol. The van der Waals surface area contributed by atoms with Gasteiger partial charge in [-0.1, -0.05) is 12.1 Å². The number of rotatable bonds is 6. The van der Waals surface area contributed by atoms with Gasteiger partial charge in [0.05, 0.1) is 30.9 Å². The molecule has 0 spiro atoms. The molecule has 2 fully saturated rings. The van der Waals surface area contributed by atoms with Crippen LogP contribution in [-0.4, -0.2) is 84.9 Å². The van der Waals surface area contributed by atoms with E-state index in [9.17, 15) is 9.90 Å². The Balaban J connectivity index is 1.54. The first-order valence-corrected chi connectivity index (χ1v) is 9.94. The van der Waals surface area contributed by atoms with E-state index >= 15 is 0 Å². The van der Waals surface area contributed by atoms with Crippen molar-refractivity contribution < 1.29 is 14.6 Å². The molecule has 150 valence electrons. The van der Waals surface area contributed by atoms with Gasteiger partial charge < -0.3 is 20.1 Å². The predicted octanol–water partition coefficient (Wildman–Crippen LogP) is 1.13. The van der Waals surface area contributed by atoms with Crippen LogP contribution in [0.1, 0.15) is 36.2 Å². The smallest absolute Gasteiger partial charge is 0.251 e. The van der Waals surface area contributed by atoms with Gasteiger partial charge in [0, 0.05) is 31.7 Å². The summed E-state index contributed by atoms with van der Waals surface area (Å²) < 4.78 is 5.68. The monoisotopic (exact) mass is 375 g/mol. The largest absolute Gasteiger partial charge is 0.390 e. The van der Waals surface area contributed by atoms with Crippen molar-refractivity contribution in [2.24, 2.45) is 0 Å². The fraction of sp³-hybridized carbons (Fsp3) is 0.667. The van der Waals surface area contributed by atoms with Crippen molar-refractivity contribution in [3.8, 4) is 0 Å². The third-order valence-electron chi connectivity index (χ3n) is 5.62. The lowest BCUT2D eigenvalue weighted by molar-refractivity contribution is 0.0713. The second-order valence-corrected chi connectivity index (χ2v) is 8.53. The van der Waals surface area contributed by atoms with Crippen LogP contribution in [0.25, 0.3) is 0 Å². The molecule has 6 heteroatoms. The van der Waals surface area contributed by atoms with E-state index in [0.717, 1.165) is 38.2 Å². The van der Waals surface area contributed by atoms with Crippen molar-refractivity contribution in [3.63, 3.8) is 0 Å². The number of amides is 1. The SMILES string of the molecule is CN1CCN([C@H]2COC[C@@H]2NC(=O)c2ccc(CCC(C)(C)O)cc2)CC1. The van der Waals surface area contributed by atoms with Gasteiger partial charge in [0.15, 0.2) is 0 Å². The quantitative estimate of drug-likeness (QED) is 0.781. The van der Waals surface area contributed by atoms with E-state index in [2.05, 4.69) is 22.2 Å². The van der Waals surface area contributed by atoms with Gasteiger partial charge in [-0.05, 0) is 51.4 Å². The molecule has 3 rings (SSSR count). The van der Waals surface area contributed by atoms with E-state index < -0.39 is 5.60 Å². The molecule has 2 aliphatic rings. The van der Waals surface area contributed by atoms with E-state index in [1.807, 2.05) is 38.1 Å². The van der Waals surface area contributed by atoms with Gasteiger partial charge in [-0.3, -0.25) is 9.69 Å². The third kappa shape index (κ3) is 5.75. The van der Waals surface area contributed by atoms with Crippen LogP contribution in [0.4, 0.5) is 0 Å². The minimum absolute atomic E-state index is 0.0378. The number of benzene rings is 1. The van der Waals surface area contributed by atoms with Gasteiger partial charge in [-0.2, -0.15) is 0 Å². The summed E-state index contributed by atoms with van der Waals surface area (Å²) >= 11 is 0. The summed E-state index contributed by atoms with van der Waals surface area (Å²) in [6.07, 6.45) is 1.50. The molecule has 0 bridgehead atoms. The number of carbonyl (C=O) groups excluding carboxylic acids is 1. The van der Waals surface area contributed by atoms with Crippen molar-refractivity contribution in [2.75, 3.05) is 46.4 Å². The Kier molecular flexibility index (Phi) is 6.52. The highest BCUT2D eigenvalue weighted by Crippen LogP contribution is 2.17. The van der Waals surface area contributed by atoms with Gasteiger partial charge in [-0.25, -0.2) is 0 Å². The Hall–Kier alpha value is -1.47. The average Bonchev–Trinajstić information content (AvgIpc) is 3.08. The molecule has 0 aromatic heterocycles. The fourth-order valence-corrected chi connectivity index (χ4v) is 3.72. The van der Waals surface area contributed by atoms with E-state index in [1.54, 1.807) is 0 Å². The Morgan fingerprint density at radius 2 is 1.85 bits per heavy atom. The van der Waals surface area contributed by atoms with Gasteiger partial charge in [0.1, 0.15) is 0 Å². The number of carbonyl (C=O) groups is 1. The topological polar surface area (TPSA) is 65.0 Å². The lowest BCUT2D eigenvalue weighted by Gasteiger charge is -2.38. The Morgan fingerprint density at radius 3 is 2.48 bits per heavy atom. The van der Waals surface area contributed by atoms with Crippen molar-refractivity contribution in [2.45, 2.75) is 44.4 Å². The van der Waals surface area contributed by atoms with Gasteiger partial charge >= 0.3 is 0 Å². The summed E-state index contributed by atoms with van der Waals surface area (Å²) in [5.41, 5.74) is 1.13. The fourth-order valence-electron chi connectivity index (χ4n) is 3.72. The van der Waals surface area contributed by atoms with Gasteiger partial charge in [0.25, 0.3) is 5.91 Å². The van der Waals surface area contributed by atoms with E-state index in [-0.39, 0.29) is 18.0 Å². The number of aryl methyl sites for hydroxylation is 1. The Labute approximate surface area is 162 Å².